The molecule has 106 valence electrons. The Hall–Kier alpha value is -2.30. The zero-order valence-corrected chi connectivity index (χ0v) is 11.7. The van der Waals surface area contributed by atoms with Crippen LogP contribution in [0.25, 0.3) is 0 Å². The number of rotatable bonds is 6. The second-order valence-electron chi connectivity index (χ2n) is 4.75. The van der Waals surface area contributed by atoms with Crippen LogP contribution in [0.15, 0.2) is 36.7 Å². The van der Waals surface area contributed by atoms with Gasteiger partial charge < -0.3 is 15.6 Å². The fraction of sp³-hybridized carbons (Fsp3) is 0.333. The monoisotopic (exact) mass is 272 g/mol. The van der Waals surface area contributed by atoms with Crippen molar-refractivity contribution in [2.24, 2.45) is 7.05 Å². The Morgan fingerprint density at radius 1 is 1.35 bits per heavy atom. The molecule has 2 rings (SSSR count). The number of nitrogens with zero attached hydrogens (tertiary/aromatic N) is 2. The minimum absolute atomic E-state index is 0.0439. The molecule has 0 bridgehead atoms. The van der Waals surface area contributed by atoms with Crippen molar-refractivity contribution in [1.82, 2.24) is 14.9 Å². The van der Waals surface area contributed by atoms with Gasteiger partial charge in [0.25, 0.3) is 0 Å². The van der Waals surface area contributed by atoms with Gasteiger partial charge in [-0.05, 0) is 18.1 Å². The van der Waals surface area contributed by atoms with E-state index in [1.165, 1.54) is 0 Å². The summed E-state index contributed by atoms with van der Waals surface area (Å²) in [4.78, 5) is 16.0. The van der Waals surface area contributed by atoms with Crippen molar-refractivity contribution < 1.29 is 4.79 Å². The van der Waals surface area contributed by atoms with Gasteiger partial charge in [0.2, 0.25) is 5.91 Å². The molecule has 1 aromatic carbocycles. The lowest BCUT2D eigenvalue weighted by atomic mass is 10.1. The highest BCUT2D eigenvalue weighted by Gasteiger charge is 2.05. The molecule has 0 aliphatic rings. The number of anilines is 1. The Morgan fingerprint density at radius 2 is 2.15 bits per heavy atom. The normalized spacial score (nSPS) is 10.4. The first-order valence-electron chi connectivity index (χ1n) is 6.73. The molecule has 0 radical (unpaired) electrons. The van der Waals surface area contributed by atoms with E-state index in [1.807, 2.05) is 42.1 Å². The maximum Gasteiger partial charge on any atom is 0.220 e. The van der Waals surface area contributed by atoms with E-state index >= 15 is 0 Å². The van der Waals surface area contributed by atoms with Crippen LogP contribution < -0.4 is 11.1 Å². The van der Waals surface area contributed by atoms with Gasteiger partial charge in [-0.15, -0.1) is 0 Å². The third-order valence-corrected chi connectivity index (χ3v) is 3.27. The molecule has 0 saturated heterocycles. The SMILES string of the molecule is Cn1ccnc1CCNC(=O)CCc1ccccc1N. The Labute approximate surface area is 118 Å². The molecule has 5 heteroatoms. The number of carbonyl (C=O) groups is 1. The van der Waals surface area contributed by atoms with Crippen molar-refractivity contribution >= 4 is 11.6 Å². The van der Waals surface area contributed by atoms with Crippen LogP contribution in [0.2, 0.25) is 0 Å². The molecule has 0 saturated carbocycles. The minimum Gasteiger partial charge on any atom is -0.399 e. The number of para-hydroxylation sites is 1. The highest BCUT2D eigenvalue weighted by molar-refractivity contribution is 5.76. The lowest BCUT2D eigenvalue weighted by Gasteiger charge is -2.07. The molecule has 2 aromatic rings. The maximum atomic E-state index is 11.8. The molecule has 0 fully saturated rings. The van der Waals surface area contributed by atoms with Crippen LogP contribution >= 0.6 is 0 Å². The quantitative estimate of drug-likeness (QED) is 0.778. The molecule has 3 N–H and O–H groups in total. The van der Waals surface area contributed by atoms with Gasteiger partial charge in [-0.1, -0.05) is 18.2 Å². The van der Waals surface area contributed by atoms with E-state index in [4.69, 9.17) is 5.73 Å². The number of aryl methyl sites for hydroxylation is 2. The summed E-state index contributed by atoms with van der Waals surface area (Å²) in [6.07, 6.45) is 5.52. The van der Waals surface area contributed by atoms with Crippen molar-refractivity contribution in [2.45, 2.75) is 19.3 Å². The van der Waals surface area contributed by atoms with Crippen molar-refractivity contribution in [3.8, 4) is 0 Å². The number of carbonyl (C=O) groups excluding carboxylic acids is 1. The molecule has 0 unspecified atom stereocenters. The van der Waals surface area contributed by atoms with Crippen LogP contribution in [0.5, 0.6) is 0 Å². The summed E-state index contributed by atoms with van der Waals surface area (Å²) in [7, 11) is 1.95. The van der Waals surface area contributed by atoms with E-state index in [9.17, 15) is 4.79 Å². The first kappa shape index (κ1) is 14.1. The first-order valence-corrected chi connectivity index (χ1v) is 6.73. The Kier molecular flexibility index (Phi) is 4.76. The molecule has 0 aliphatic carbocycles. The molecule has 20 heavy (non-hydrogen) atoms. The molecule has 1 amide bonds. The number of nitrogen functional groups attached to an aromatic ring is 1. The number of hydrogen-bond acceptors (Lipinski definition) is 3. The van der Waals surface area contributed by atoms with E-state index in [0.717, 1.165) is 23.5 Å². The predicted octanol–water partition coefficient (Wildman–Crippen LogP) is 1.29. The molecule has 5 nitrogen and oxygen atoms in total. The standard InChI is InChI=1S/C15H20N4O/c1-19-11-10-17-14(19)8-9-18-15(20)7-6-12-4-2-3-5-13(12)16/h2-5,10-11H,6-9,16H2,1H3,(H,18,20). The van der Waals surface area contributed by atoms with Crippen LogP contribution in [0.4, 0.5) is 5.69 Å². The fourth-order valence-corrected chi connectivity index (χ4v) is 2.05. The summed E-state index contributed by atoms with van der Waals surface area (Å²) in [5.41, 5.74) is 7.61. The molecule has 1 heterocycles. The third-order valence-electron chi connectivity index (χ3n) is 3.27. The van der Waals surface area contributed by atoms with Gasteiger partial charge in [-0.2, -0.15) is 0 Å². The smallest absolute Gasteiger partial charge is 0.220 e. The van der Waals surface area contributed by atoms with Gasteiger partial charge >= 0.3 is 0 Å². The number of benzene rings is 1. The van der Waals surface area contributed by atoms with Crippen molar-refractivity contribution in [3.63, 3.8) is 0 Å². The number of amides is 1. The van der Waals surface area contributed by atoms with E-state index < -0.39 is 0 Å². The molecule has 1 aromatic heterocycles. The second kappa shape index (κ2) is 6.75. The summed E-state index contributed by atoms with van der Waals surface area (Å²) in [6, 6.07) is 7.64. The van der Waals surface area contributed by atoms with E-state index in [0.29, 0.717) is 19.4 Å². The van der Waals surface area contributed by atoms with Crippen LogP contribution in [0.1, 0.15) is 17.8 Å². The second-order valence-corrected chi connectivity index (χ2v) is 4.75. The van der Waals surface area contributed by atoms with Gasteiger partial charge in [-0.25, -0.2) is 4.98 Å². The van der Waals surface area contributed by atoms with E-state index in [1.54, 1.807) is 6.20 Å². The van der Waals surface area contributed by atoms with Gasteiger partial charge in [0, 0.05) is 44.5 Å². The third kappa shape index (κ3) is 3.85. The van der Waals surface area contributed by atoms with E-state index in [-0.39, 0.29) is 5.91 Å². The minimum atomic E-state index is 0.0439. The van der Waals surface area contributed by atoms with Crippen molar-refractivity contribution in [1.29, 1.82) is 0 Å². The molecule has 0 aliphatic heterocycles. The van der Waals surface area contributed by atoms with Gasteiger partial charge in [0.05, 0.1) is 0 Å². The average Bonchev–Trinajstić information content (AvgIpc) is 2.84. The van der Waals surface area contributed by atoms with Gasteiger partial charge in [0.1, 0.15) is 5.82 Å². The number of imidazole rings is 1. The predicted molar refractivity (Wildman–Crippen MR) is 79.1 cm³/mol. The highest BCUT2D eigenvalue weighted by atomic mass is 16.1. The lowest BCUT2D eigenvalue weighted by molar-refractivity contribution is -0.121. The topological polar surface area (TPSA) is 72.9 Å². The van der Waals surface area contributed by atoms with Crippen LogP contribution in [0.3, 0.4) is 0 Å². The van der Waals surface area contributed by atoms with E-state index in [2.05, 4.69) is 10.3 Å². The number of nitrogens with two attached hydrogens (primary N) is 1. The Balaban J connectivity index is 1.71. The zero-order valence-electron chi connectivity index (χ0n) is 11.7. The summed E-state index contributed by atoms with van der Waals surface area (Å²) in [6.45, 7) is 0.605. The lowest BCUT2D eigenvalue weighted by Crippen LogP contribution is -2.26. The largest absolute Gasteiger partial charge is 0.399 e. The van der Waals surface area contributed by atoms with Crippen molar-refractivity contribution in [2.75, 3.05) is 12.3 Å². The number of nitrogens with one attached hydrogen (secondary N) is 1. The number of hydrogen-bond donors (Lipinski definition) is 2. The summed E-state index contributed by atoms with van der Waals surface area (Å²) in [5, 5.41) is 2.90. The fourth-order valence-electron chi connectivity index (χ4n) is 2.05. The summed E-state index contributed by atoms with van der Waals surface area (Å²) >= 11 is 0. The Bertz CT molecular complexity index is 577. The van der Waals surface area contributed by atoms with Gasteiger partial charge in [-0.3, -0.25) is 4.79 Å². The van der Waals surface area contributed by atoms with Gasteiger partial charge in [0.15, 0.2) is 0 Å². The van der Waals surface area contributed by atoms with Crippen LogP contribution in [0, 0.1) is 0 Å². The first-order chi connectivity index (χ1) is 9.66. The highest BCUT2D eigenvalue weighted by Crippen LogP contribution is 2.12. The summed E-state index contributed by atoms with van der Waals surface area (Å²) in [5.74, 6) is 1.01. The zero-order chi connectivity index (χ0) is 14.4. The maximum absolute atomic E-state index is 11.8. The molecular formula is C15H20N4O. The molecular weight excluding hydrogens is 252 g/mol. The van der Waals surface area contributed by atoms with Crippen LogP contribution in [-0.2, 0) is 24.7 Å². The molecule has 0 spiro atoms. The molecule has 0 atom stereocenters. The van der Waals surface area contributed by atoms with Crippen LogP contribution in [-0.4, -0.2) is 22.0 Å². The Morgan fingerprint density at radius 3 is 2.85 bits per heavy atom. The van der Waals surface area contributed by atoms with Crippen molar-refractivity contribution in [3.05, 3.63) is 48.0 Å². The average molecular weight is 272 g/mol. The number of aromatic nitrogens is 2. The summed E-state index contributed by atoms with van der Waals surface area (Å²) < 4.78 is 1.96.